The zero-order chi connectivity index (χ0) is 49.1. The first-order valence-corrected chi connectivity index (χ1v) is 25.2. The third kappa shape index (κ3) is 7.45. The molecule has 0 saturated heterocycles. The highest BCUT2D eigenvalue weighted by Crippen LogP contribution is 2.55. The van der Waals surface area contributed by atoms with Gasteiger partial charge < -0.3 is 19.6 Å². The first kappa shape index (κ1) is 44.6. The molecule has 350 valence electrons. The van der Waals surface area contributed by atoms with E-state index >= 15 is 0 Å². The lowest BCUT2D eigenvalue weighted by Gasteiger charge is -2.42. The lowest BCUT2D eigenvalue weighted by atomic mass is 9.73. The van der Waals surface area contributed by atoms with E-state index in [2.05, 4.69) is 304 Å². The SMILES string of the molecule is Cc1cc(N(c2ccccc2)c2ccc3c(c2)C(C)(C)c2ccccc2N3c2ccccc2)ccc1-c1ccc(N(c2ccccc2)c2ccc3c(c2)C(C)(C)c2ccccc2N3c2ccccc2)cc1C. The molecule has 0 bridgehead atoms. The molecule has 72 heavy (non-hydrogen) atoms. The van der Waals surface area contributed by atoms with Gasteiger partial charge in [-0.1, -0.05) is 149 Å². The number of para-hydroxylation sites is 6. The molecule has 2 heterocycles. The lowest BCUT2D eigenvalue weighted by molar-refractivity contribution is 0.632. The molecule has 0 amide bonds. The molecular formula is C68H58N4. The van der Waals surface area contributed by atoms with E-state index in [1.54, 1.807) is 0 Å². The Kier molecular flexibility index (Phi) is 10.9. The van der Waals surface area contributed by atoms with Gasteiger partial charge in [0, 0.05) is 56.3 Å². The number of fused-ring (bicyclic) bond motifs is 4. The molecule has 4 nitrogen and oxygen atoms in total. The van der Waals surface area contributed by atoms with E-state index in [4.69, 9.17) is 0 Å². The average molecular weight is 931 g/mol. The van der Waals surface area contributed by atoms with Crippen LogP contribution in [-0.2, 0) is 10.8 Å². The van der Waals surface area contributed by atoms with E-state index in [9.17, 15) is 0 Å². The predicted molar refractivity (Wildman–Crippen MR) is 304 cm³/mol. The van der Waals surface area contributed by atoms with E-state index in [0.717, 1.165) is 45.5 Å². The predicted octanol–water partition coefficient (Wildman–Crippen LogP) is 19.1. The summed E-state index contributed by atoms with van der Waals surface area (Å²) >= 11 is 0. The van der Waals surface area contributed by atoms with Crippen LogP contribution in [-0.4, -0.2) is 0 Å². The third-order valence-corrected chi connectivity index (χ3v) is 15.2. The van der Waals surface area contributed by atoms with E-state index < -0.39 is 0 Å². The maximum absolute atomic E-state index is 2.42. The molecule has 0 fully saturated rings. The molecule has 0 N–H and O–H groups in total. The molecule has 0 spiro atoms. The van der Waals surface area contributed by atoms with Gasteiger partial charge in [0.2, 0.25) is 0 Å². The van der Waals surface area contributed by atoms with Crippen LogP contribution in [0.2, 0.25) is 0 Å². The number of benzene rings is 10. The van der Waals surface area contributed by atoms with Crippen molar-refractivity contribution in [3.05, 3.63) is 276 Å². The molecule has 0 radical (unpaired) electrons. The van der Waals surface area contributed by atoms with Gasteiger partial charge in [0.15, 0.2) is 0 Å². The Bertz CT molecular complexity index is 3380. The summed E-state index contributed by atoms with van der Waals surface area (Å²) in [6.45, 7) is 14.0. The number of hydrogen-bond donors (Lipinski definition) is 0. The van der Waals surface area contributed by atoms with Gasteiger partial charge in [0.1, 0.15) is 0 Å². The Balaban J connectivity index is 0.920. The Hall–Kier alpha value is -8.60. The molecule has 0 aliphatic carbocycles. The van der Waals surface area contributed by atoms with Gasteiger partial charge >= 0.3 is 0 Å². The van der Waals surface area contributed by atoms with Crippen LogP contribution in [0.25, 0.3) is 11.1 Å². The summed E-state index contributed by atoms with van der Waals surface area (Å²) in [5.74, 6) is 0. The highest BCUT2D eigenvalue weighted by molar-refractivity contribution is 5.91. The summed E-state index contributed by atoms with van der Waals surface area (Å²) in [6.07, 6.45) is 0. The maximum Gasteiger partial charge on any atom is 0.0504 e. The van der Waals surface area contributed by atoms with Crippen LogP contribution in [0.15, 0.2) is 243 Å². The number of aryl methyl sites for hydroxylation is 2. The quantitative estimate of drug-likeness (QED) is 0.143. The molecular weight excluding hydrogens is 873 g/mol. The summed E-state index contributed by atoms with van der Waals surface area (Å²) in [6, 6.07) is 88.8. The summed E-state index contributed by atoms with van der Waals surface area (Å²) in [7, 11) is 0. The monoisotopic (exact) mass is 930 g/mol. The fourth-order valence-corrected chi connectivity index (χ4v) is 11.6. The summed E-state index contributed by atoms with van der Waals surface area (Å²) < 4.78 is 0. The van der Waals surface area contributed by atoms with Crippen LogP contribution >= 0.6 is 0 Å². The third-order valence-electron chi connectivity index (χ3n) is 15.2. The molecule has 0 aromatic heterocycles. The number of rotatable bonds is 9. The second-order valence-electron chi connectivity index (χ2n) is 20.4. The molecule has 10 aromatic carbocycles. The van der Waals surface area contributed by atoms with Crippen molar-refractivity contribution in [2.45, 2.75) is 52.4 Å². The van der Waals surface area contributed by atoms with Gasteiger partial charge in [-0.05, 0) is 180 Å². The lowest BCUT2D eigenvalue weighted by Crippen LogP contribution is -2.30. The van der Waals surface area contributed by atoms with Crippen LogP contribution in [0.3, 0.4) is 0 Å². The van der Waals surface area contributed by atoms with E-state index in [-0.39, 0.29) is 10.8 Å². The van der Waals surface area contributed by atoms with Crippen molar-refractivity contribution in [2.75, 3.05) is 19.6 Å². The minimum atomic E-state index is -0.235. The van der Waals surface area contributed by atoms with Crippen LogP contribution in [0, 0.1) is 13.8 Å². The molecule has 4 heteroatoms. The fourth-order valence-electron chi connectivity index (χ4n) is 11.6. The Labute approximate surface area is 425 Å². The number of anilines is 12. The molecule has 0 unspecified atom stereocenters. The van der Waals surface area contributed by atoms with E-state index in [1.165, 1.54) is 67.3 Å². The van der Waals surface area contributed by atoms with Gasteiger partial charge in [0.25, 0.3) is 0 Å². The molecule has 2 aliphatic rings. The van der Waals surface area contributed by atoms with Crippen molar-refractivity contribution < 1.29 is 0 Å². The van der Waals surface area contributed by atoms with E-state index in [0.29, 0.717) is 0 Å². The molecule has 2 aliphatic heterocycles. The second-order valence-corrected chi connectivity index (χ2v) is 20.4. The normalized spacial score (nSPS) is 13.9. The van der Waals surface area contributed by atoms with Crippen LogP contribution in [0.5, 0.6) is 0 Å². The van der Waals surface area contributed by atoms with Gasteiger partial charge in [-0.2, -0.15) is 0 Å². The fraction of sp³-hybridized carbons (Fsp3) is 0.118. The maximum atomic E-state index is 2.42. The minimum absolute atomic E-state index is 0.235. The zero-order valence-corrected chi connectivity index (χ0v) is 41.9. The second kappa shape index (κ2) is 17.7. The van der Waals surface area contributed by atoms with Crippen molar-refractivity contribution in [3.63, 3.8) is 0 Å². The minimum Gasteiger partial charge on any atom is -0.310 e. The Morgan fingerprint density at radius 1 is 0.278 bits per heavy atom. The summed E-state index contributed by atoms with van der Waals surface area (Å²) in [4.78, 5) is 9.66. The van der Waals surface area contributed by atoms with Gasteiger partial charge in [-0.25, -0.2) is 0 Å². The van der Waals surface area contributed by atoms with Crippen molar-refractivity contribution in [3.8, 4) is 11.1 Å². The van der Waals surface area contributed by atoms with Gasteiger partial charge in [-0.15, -0.1) is 0 Å². The number of hydrogen-bond acceptors (Lipinski definition) is 4. The van der Waals surface area contributed by atoms with Gasteiger partial charge in [-0.3, -0.25) is 0 Å². The average Bonchev–Trinajstić information content (AvgIpc) is 3.41. The zero-order valence-electron chi connectivity index (χ0n) is 41.9. The first-order chi connectivity index (χ1) is 35.1. The standard InChI is InChI=1S/C68H58N4/c1-47-43-53(69(49-23-11-7-12-24-49)55-37-41-65-61(45-55)67(3,4)59-31-19-21-33-63(59)71(65)51-27-15-9-16-28-51)35-39-57(47)58-40-36-54(44-48(58)2)70(50-25-13-8-14-26-50)56-38-42-66-62(46-56)68(5,6)60-32-20-22-34-64(60)72(66)52-29-17-10-18-30-52/h7-46H,1-6H3. The Morgan fingerprint density at radius 2 is 0.583 bits per heavy atom. The largest absolute Gasteiger partial charge is 0.310 e. The first-order valence-electron chi connectivity index (χ1n) is 25.2. The van der Waals surface area contributed by atoms with Crippen molar-refractivity contribution >= 4 is 68.2 Å². The molecule has 12 rings (SSSR count). The number of nitrogens with zero attached hydrogens (tertiary/aromatic N) is 4. The van der Waals surface area contributed by atoms with E-state index in [1.807, 2.05) is 0 Å². The van der Waals surface area contributed by atoms with Crippen LogP contribution < -0.4 is 19.6 Å². The Morgan fingerprint density at radius 3 is 0.958 bits per heavy atom. The summed E-state index contributed by atoms with van der Waals surface area (Å²) in [5.41, 5.74) is 23.5. The highest BCUT2D eigenvalue weighted by atomic mass is 15.2. The smallest absolute Gasteiger partial charge is 0.0504 e. The van der Waals surface area contributed by atoms with Crippen LogP contribution in [0.4, 0.5) is 68.2 Å². The highest BCUT2D eigenvalue weighted by Gasteiger charge is 2.39. The van der Waals surface area contributed by atoms with Crippen molar-refractivity contribution in [1.29, 1.82) is 0 Å². The molecule has 10 aromatic rings. The van der Waals surface area contributed by atoms with Crippen molar-refractivity contribution in [1.82, 2.24) is 0 Å². The molecule has 0 atom stereocenters. The van der Waals surface area contributed by atoms with Crippen LogP contribution in [0.1, 0.15) is 61.1 Å². The summed E-state index contributed by atoms with van der Waals surface area (Å²) in [5, 5.41) is 0. The van der Waals surface area contributed by atoms with Crippen molar-refractivity contribution in [2.24, 2.45) is 0 Å². The topological polar surface area (TPSA) is 13.0 Å². The van der Waals surface area contributed by atoms with Gasteiger partial charge in [0.05, 0.1) is 22.7 Å². The molecule has 0 saturated carbocycles.